The van der Waals surface area contributed by atoms with Crippen LogP contribution in [0.25, 0.3) is 22.1 Å². The quantitative estimate of drug-likeness (QED) is 0.107. The average Bonchev–Trinajstić information content (AvgIpc) is 3.39. The number of aryl methyl sites for hydroxylation is 1. The molecule has 2 amide bonds. The molecule has 12 nitrogen and oxygen atoms in total. The molecule has 0 bridgehead atoms. The van der Waals surface area contributed by atoms with E-state index in [1.807, 2.05) is 30.3 Å². The second kappa shape index (κ2) is 14.9. The summed E-state index contributed by atoms with van der Waals surface area (Å²) in [6.45, 7) is 10.4. The summed E-state index contributed by atoms with van der Waals surface area (Å²) in [6.07, 6.45) is -0.582. The van der Waals surface area contributed by atoms with Gasteiger partial charge < -0.3 is 23.9 Å². The number of esters is 1. The third-order valence-corrected chi connectivity index (χ3v) is 8.91. The predicted octanol–water partition coefficient (Wildman–Crippen LogP) is 5.85. The highest BCUT2D eigenvalue weighted by atomic mass is 32.2. The van der Waals surface area contributed by atoms with Crippen LogP contribution in [0.1, 0.15) is 50.7 Å². The highest BCUT2D eigenvalue weighted by molar-refractivity contribution is 7.89. The van der Waals surface area contributed by atoms with Crippen molar-refractivity contribution in [2.75, 3.05) is 20.3 Å². The lowest BCUT2D eigenvalue weighted by molar-refractivity contribution is -0.147. The first-order valence-electron chi connectivity index (χ1n) is 15.3. The van der Waals surface area contributed by atoms with Gasteiger partial charge in [0.1, 0.15) is 29.6 Å². The molecule has 0 saturated carbocycles. The van der Waals surface area contributed by atoms with Crippen molar-refractivity contribution in [1.29, 1.82) is 0 Å². The number of nitrogens with zero attached hydrogens (tertiary/aromatic N) is 1. The highest BCUT2D eigenvalue weighted by Crippen LogP contribution is 2.34. The molecule has 0 aliphatic heterocycles. The fraction of sp³-hybridized carbons (Fsp3) is 0.343. The molecule has 0 radical (unpaired) electrons. The Kier molecular flexibility index (Phi) is 11.2. The molecule has 3 aromatic carbocycles. The number of fused-ring (bicyclic) bond motifs is 1. The van der Waals surface area contributed by atoms with E-state index in [0.717, 1.165) is 18.2 Å². The van der Waals surface area contributed by atoms with Gasteiger partial charge in [-0.15, -0.1) is 0 Å². The maximum atomic E-state index is 14.1. The van der Waals surface area contributed by atoms with Crippen LogP contribution in [0.2, 0.25) is 0 Å². The molecule has 0 spiro atoms. The Morgan fingerprint density at radius 3 is 2.17 bits per heavy atom. The first-order chi connectivity index (χ1) is 22.6. The van der Waals surface area contributed by atoms with E-state index in [9.17, 15) is 22.8 Å². The summed E-state index contributed by atoms with van der Waals surface area (Å²) in [6, 6.07) is 19.2. The molecular weight excluding hydrogens is 638 g/mol. The Morgan fingerprint density at radius 2 is 1.56 bits per heavy atom. The van der Waals surface area contributed by atoms with Crippen LogP contribution >= 0.6 is 0 Å². The van der Waals surface area contributed by atoms with Crippen molar-refractivity contribution in [3.63, 3.8) is 0 Å². The van der Waals surface area contributed by atoms with Crippen LogP contribution in [-0.4, -0.2) is 62.7 Å². The summed E-state index contributed by atoms with van der Waals surface area (Å²) in [5, 5.41) is 3.10. The van der Waals surface area contributed by atoms with E-state index in [-0.39, 0.29) is 23.8 Å². The molecule has 0 aliphatic rings. The van der Waals surface area contributed by atoms with E-state index in [2.05, 4.69) is 10.7 Å². The van der Waals surface area contributed by atoms with Crippen LogP contribution in [-0.2, 0) is 24.3 Å². The number of hydrogen-bond donors (Lipinski definition) is 2. The van der Waals surface area contributed by atoms with Gasteiger partial charge in [0.2, 0.25) is 0 Å². The van der Waals surface area contributed by atoms with Gasteiger partial charge in [-0.25, -0.2) is 13.2 Å². The van der Waals surface area contributed by atoms with Crippen LogP contribution in [0.3, 0.4) is 0 Å². The molecule has 1 atom stereocenters. The molecule has 256 valence electrons. The number of furan rings is 1. The van der Waals surface area contributed by atoms with Gasteiger partial charge in [0, 0.05) is 5.56 Å². The van der Waals surface area contributed by atoms with Crippen molar-refractivity contribution in [3.05, 3.63) is 84.1 Å². The lowest BCUT2D eigenvalue weighted by atomic mass is 10.1. The fourth-order valence-electron chi connectivity index (χ4n) is 4.98. The summed E-state index contributed by atoms with van der Waals surface area (Å²) < 4.78 is 50.8. The number of rotatable bonds is 12. The van der Waals surface area contributed by atoms with Crippen molar-refractivity contribution < 1.29 is 41.4 Å². The molecule has 0 aliphatic carbocycles. The fourth-order valence-corrected chi connectivity index (χ4v) is 6.52. The number of benzene rings is 3. The number of ether oxygens (including phenoxy) is 3. The van der Waals surface area contributed by atoms with Gasteiger partial charge in [-0.1, -0.05) is 66.8 Å². The van der Waals surface area contributed by atoms with Crippen molar-refractivity contribution in [2.24, 2.45) is 5.92 Å². The van der Waals surface area contributed by atoms with Gasteiger partial charge in [0.05, 0.1) is 23.9 Å². The van der Waals surface area contributed by atoms with E-state index < -0.39 is 45.6 Å². The Morgan fingerprint density at radius 1 is 0.917 bits per heavy atom. The lowest BCUT2D eigenvalue weighted by Crippen LogP contribution is -2.56. The first-order valence-corrected chi connectivity index (χ1v) is 16.8. The smallest absolute Gasteiger partial charge is 0.407 e. The summed E-state index contributed by atoms with van der Waals surface area (Å²) in [5.41, 5.74) is 4.16. The number of hydrazine groups is 1. The Hall–Kier alpha value is -4.88. The van der Waals surface area contributed by atoms with Gasteiger partial charge in [-0.05, 0) is 69.0 Å². The van der Waals surface area contributed by atoms with Crippen LogP contribution in [0.15, 0.2) is 82.1 Å². The zero-order valence-electron chi connectivity index (χ0n) is 28.0. The number of carbonyl (C=O) groups excluding carboxylic acids is 3. The summed E-state index contributed by atoms with van der Waals surface area (Å²) >= 11 is 0. The van der Waals surface area contributed by atoms with E-state index in [4.69, 9.17) is 18.6 Å². The molecule has 1 unspecified atom stereocenters. The normalized spacial score (nSPS) is 12.5. The van der Waals surface area contributed by atoms with Crippen LogP contribution in [0.5, 0.6) is 5.75 Å². The van der Waals surface area contributed by atoms with E-state index in [1.54, 1.807) is 71.9 Å². The molecule has 48 heavy (non-hydrogen) atoms. The SMILES string of the molecule is COC(=O)C(C(C)C)N(NC(=O)c1oc2cccc(OCCNC(=O)OC(C)(C)C)c2c1C)S(=O)(=O)c1ccc(-c2ccccc2)cc1. The third-order valence-electron chi connectivity index (χ3n) is 7.21. The van der Waals surface area contributed by atoms with E-state index in [0.29, 0.717) is 26.7 Å². The zero-order valence-corrected chi connectivity index (χ0v) is 28.8. The molecule has 0 saturated heterocycles. The number of carbonyl (C=O) groups is 3. The average molecular weight is 680 g/mol. The molecule has 4 rings (SSSR count). The van der Waals surface area contributed by atoms with E-state index >= 15 is 0 Å². The number of alkyl carbamates (subject to hydrolysis) is 1. The highest BCUT2D eigenvalue weighted by Gasteiger charge is 2.41. The molecular formula is C35H41N3O9S. The number of sulfonamides is 1. The Bertz CT molecular complexity index is 1860. The van der Waals surface area contributed by atoms with Crippen molar-refractivity contribution in [2.45, 2.75) is 58.1 Å². The number of methoxy groups -OCH3 is 1. The van der Waals surface area contributed by atoms with Gasteiger partial charge in [0.25, 0.3) is 10.0 Å². The second-order valence-electron chi connectivity index (χ2n) is 12.3. The predicted molar refractivity (Wildman–Crippen MR) is 180 cm³/mol. The summed E-state index contributed by atoms with van der Waals surface area (Å²) in [5.74, 6) is -2.15. The van der Waals surface area contributed by atoms with Crippen molar-refractivity contribution in [3.8, 4) is 16.9 Å². The molecule has 4 aromatic rings. The molecule has 1 aromatic heterocycles. The minimum absolute atomic E-state index is 0.0921. The minimum Gasteiger partial charge on any atom is -0.491 e. The van der Waals surface area contributed by atoms with Gasteiger partial charge >= 0.3 is 18.0 Å². The largest absolute Gasteiger partial charge is 0.491 e. The minimum atomic E-state index is -4.50. The topological polar surface area (TPSA) is 153 Å². The monoisotopic (exact) mass is 679 g/mol. The van der Waals surface area contributed by atoms with E-state index in [1.165, 1.54) is 12.1 Å². The zero-order chi connectivity index (χ0) is 35.2. The van der Waals surface area contributed by atoms with Gasteiger partial charge in [-0.2, -0.15) is 0 Å². The standard InChI is InChI=1S/C35H41N3O9S/c1-22(2)30(33(40)44-7)38(48(42,43)26-18-16-25(17-19-26)24-12-9-8-10-13-24)37-32(39)31-23(3)29-27(14-11-15-28(29)46-31)45-21-20-36-34(41)47-35(4,5)6/h8-19,22,30H,20-21H2,1-7H3,(H,36,41)(H,37,39). The summed E-state index contributed by atoms with van der Waals surface area (Å²) in [4.78, 5) is 38.6. The molecule has 2 N–H and O–H groups in total. The van der Waals surface area contributed by atoms with Crippen molar-refractivity contribution in [1.82, 2.24) is 15.2 Å². The van der Waals surface area contributed by atoms with Crippen LogP contribution in [0.4, 0.5) is 4.79 Å². The first kappa shape index (κ1) is 36.0. The van der Waals surface area contributed by atoms with Gasteiger partial charge in [-0.3, -0.25) is 15.0 Å². The molecule has 13 heteroatoms. The maximum absolute atomic E-state index is 14.1. The lowest BCUT2D eigenvalue weighted by Gasteiger charge is -2.31. The molecule has 0 fully saturated rings. The second-order valence-corrected chi connectivity index (χ2v) is 14.1. The Labute approximate surface area is 280 Å². The molecule has 1 heterocycles. The number of nitrogens with one attached hydrogen (secondary N) is 2. The summed E-state index contributed by atoms with van der Waals surface area (Å²) in [7, 11) is -3.35. The maximum Gasteiger partial charge on any atom is 0.407 e. The van der Waals surface area contributed by atoms with Gasteiger partial charge in [0.15, 0.2) is 5.76 Å². The number of amides is 2. The van der Waals surface area contributed by atoms with Crippen LogP contribution < -0.4 is 15.5 Å². The Balaban J connectivity index is 1.62. The van der Waals surface area contributed by atoms with Crippen LogP contribution in [0, 0.1) is 12.8 Å². The third kappa shape index (κ3) is 8.33. The number of hydrogen-bond acceptors (Lipinski definition) is 9. The van der Waals surface area contributed by atoms with Crippen molar-refractivity contribution >= 4 is 39.0 Å².